The van der Waals surface area contributed by atoms with E-state index in [4.69, 9.17) is 9.47 Å². The molecule has 4 rings (SSSR count). The lowest BCUT2D eigenvalue weighted by atomic mass is 9.64. The molecule has 2 aromatic rings. The van der Waals surface area contributed by atoms with Crippen LogP contribution in [0, 0.1) is 0 Å². The summed E-state index contributed by atoms with van der Waals surface area (Å²) in [5.41, 5.74) is -0.124. The van der Waals surface area contributed by atoms with Gasteiger partial charge in [-0.2, -0.15) is 0 Å². The van der Waals surface area contributed by atoms with Gasteiger partial charge in [0.15, 0.2) is 5.69 Å². The molecule has 2 N–H and O–H groups in total. The largest absolute Gasteiger partial charge is 0.501 e. The van der Waals surface area contributed by atoms with E-state index in [2.05, 4.69) is 10.3 Å². The van der Waals surface area contributed by atoms with Crippen LogP contribution in [-0.2, 0) is 18.5 Å². The Balaban J connectivity index is 1.61. The molecule has 0 unspecified atom stereocenters. The first kappa shape index (κ1) is 19.3. The molecular weight excluding hydrogens is 374 g/mol. The third-order valence-corrected chi connectivity index (χ3v) is 6.12. The average molecular weight is 399 g/mol. The fourth-order valence-corrected chi connectivity index (χ4v) is 4.34. The molecule has 0 radical (unpaired) electrons. The molecular formula is C21H25N3O5. The highest BCUT2D eigenvalue weighted by Gasteiger charge is 2.45. The molecule has 1 amide bonds. The molecule has 1 saturated carbocycles. The number of hydrogen-bond acceptors (Lipinski definition) is 6. The van der Waals surface area contributed by atoms with Gasteiger partial charge in [-0.1, -0.05) is 6.42 Å². The van der Waals surface area contributed by atoms with Crippen LogP contribution >= 0.6 is 0 Å². The summed E-state index contributed by atoms with van der Waals surface area (Å²) in [6, 6.07) is 5.28. The van der Waals surface area contributed by atoms with Crippen molar-refractivity contribution in [1.29, 1.82) is 0 Å². The molecule has 8 nitrogen and oxygen atoms in total. The second-order valence-corrected chi connectivity index (χ2v) is 7.69. The lowest BCUT2D eigenvalue weighted by Crippen LogP contribution is -2.45. The molecule has 1 aliphatic heterocycles. The smallest absolute Gasteiger partial charge is 0.296 e. The fourth-order valence-electron chi connectivity index (χ4n) is 4.34. The number of hydrogen-bond donors (Lipinski definition) is 2. The molecule has 0 saturated heterocycles. The van der Waals surface area contributed by atoms with E-state index in [0.717, 1.165) is 37.7 Å². The third kappa shape index (κ3) is 3.22. The van der Waals surface area contributed by atoms with Crippen molar-refractivity contribution in [1.82, 2.24) is 14.9 Å². The highest BCUT2D eigenvalue weighted by atomic mass is 16.5. The first-order valence-corrected chi connectivity index (χ1v) is 9.82. The van der Waals surface area contributed by atoms with E-state index in [1.165, 1.54) is 7.11 Å². The maximum absolute atomic E-state index is 12.8. The Morgan fingerprint density at radius 1 is 1.24 bits per heavy atom. The summed E-state index contributed by atoms with van der Waals surface area (Å²) in [7, 11) is 3.10. The van der Waals surface area contributed by atoms with Gasteiger partial charge >= 0.3 is 0 Å². The third-order valence-electron chi connectivity index (χ3n) is 6.12. The monoisotopic (exact) mass is 399 g/mol. The van der Waals surface area contributed by atoms with Crippen LogP contribution in [0.1, 0.15) is 54.0 Å². The Morgan fingerprint density at radius 2 is 2.00 bits per heavy atom. The highest BCUT2D eigenvalue weighted by molar-refractivity contribution is 5.94. The van der Waals surface area contributed by atoms with Gasteiger partial charge in [-0.05, 0) is 37.8 Å². The fraction of sp³-hybridized carbons (Fsp3) is 0.476. The van der Waals surface area contributed by atoms with Gasteiger partial charge in [-0.3, -0.25) is 14.2 Å². The van der Waals surface area contributed by atoms with Crippen LogP contribution in [0.25, 0.3) is 0 Å². The molecule has 0 atom stereocenters. The zero-order valence-electron chi connectivity index (χ0n) is 16.7. The molecule has 154 valence electrons. The van der Waals surface area contributed by atoms with Crippen molar-refractivity contribution in [2.24, 2.45) is 0 Å². The summed E-state index contributed by atoms with van der Waals surface area (Å²) < 4.78 is 12.1. The van der Waals surface area contributed by atoms with Gasteiger partial charge in [0.05, 0.1) is 14.2 Å². The van der Waals surface area contributed by atoms with Gasteiger partial charge in [0.2, 0.25) is 5.75 Å². The minimum atomic E-state index is -0.593. The lowest BCUT2D eigenvalue weighted by molar-refractivity contribution is 0.0938. The number of nitrogens with one attached hydrogen (secondary N) is 1. The van der Waals surface area contributed by atoms with Crippen molar-refractivity contribution in [3.05, 3.63) is 45.6 Å². The number of rotatable bonds is 5. The summed E-state index contributed by atoms with van der Waals surface area (Å²) in [6.07, 6.45) is 4.88. The van der Waals surface area contributed by atoms with E-state index in [1.807, 2.05) is 0 Å². The molecule has 1 fully saturated rings. The van der Waals surface area contributed by atoms with E-state index >= 15 is 0 Å². The summed E-state index contributed by atoms with van der Waals surface area (Å²) in [4.78, 5) is 29.9. The standard InChI is InChI=1S/C21H25N3O5/c1-28-14-6-5-13(15(11-14)29-2)12-22-18(26)16-17(25)19(27)24-10-4-9-21(7-3-8-21)20(24)23-16/h5-6,11,25H,3-4,7-10,12H2,1-2H3,(H,22,26). The minimum Gasteiger partial charge on any atom is -0.501 e. The van der Waals surface area contributed by atoms with E-state index in [9.17, 15) is 14.7 Å². The lowest BCUT2D eigenvalue weighted by Gasteiger charge is -2.45. The van der Waals surface area contributed by atoms with Gasteiger partial charge in [-0.25, -0.2) is 4.98 Å². The van der Waals surface area contributed by atoms with E-state index < -0.39 is 17.2 Å². The predicted octanol–water partition coefficient (Wildman–Crippen LogP) is 2.11. The zero-order valence-corrected chi connectivity index (χ0v) is 16.7. The Hall–Kier alpha value is -3.03. The second-order valence-electron chi connectivity index (χ2n) is 7.69. The first-order valence-electron chi connectivity index (χ1n) is 9.82. The van der Waals surface area contributed by atoms with Crippen molar-refractivity contribution < 1.29 is 19.4 Å². The van der Waals surface area contributed by atoms with Crippen LogP contribution in [0.5, 0.6) is 17.2 Å². The molecule has 1 aliphatic carbocycles. The Kier molecular flexibility index (Phi) is 4.94. The van der Waals surface area contributed by atoms with Crippen LogP contribution in [0.3, 0.4) is 0 Å². The molecule has 1 aromatic heterocycles. The number of benzene rings is 1. The van der Waals surface area contributed by atoms with Gasteiger partial charge in [0, 0.05) is 30.1 Å². The maximum Gasteiger partial charge on any atom is 0.296 e. The SMILES string of the molecule is COc1ccc(CNC(=O)c2nc3n(c(=O)c2O)CCCC32CCC2)c(OC)c1. The van der Waals surface area contributed by atoms with Gasteiger partial charge in [-0.15, -0.1) is 0 Å². The number of aromatic hydroxyl groups is 1. The number of methoxy groups -OCH3 is 2. The average Bonchev–Trinajstić information content (AvgIpc) is 2.72. The Bertz CT molecular complexity index is 1010. The number of nitrogens with zero attached hydrogens (tertiary/aromatic N) is 2. The van der Waals surface area contributed by atoms with Crippen molar-refractivity contribution in [2.75, 3.05) is 14.2 Å². The van der Waals surface area contributed by atoms with E-state index in [-0.39, 0.29) is 17.7 Å². The predicted molar refractivity (Wildman–Crippen MR) is 106 cm³/mol. The number of fused-ring (bicyclic) bond motifs is 2. The molecule has 0 bridgehead atoms. The van der Waals surface area contributed by atoms with Crippen LogP contribution in [0.2, 0.25) is 0 Å². The quantitative estimate of drug-likeness (QED) is 0.798. The molecule has 29 heavy (non-hydrogen) atoms. The molecule has 2 heterocycles. The van der Waals surface area contributed by atoms with Gasteiger partial charge in [0.25, 0.3) is 11.5 Å². The summed E-state index contributed by atoms with van der Waals surface area (Å²) in [5.74, 6) is 0.681. The van der Waals surface area contributed by atoms with E-state index in [0.29, 0.717) is 23.9 Å². The summed E-state index contributed by atoms with van der Waals surface area (Å²) in [5, 5.41) is 13.1. The highest BCUT2D eigenvalue weighted by Crippen LogP contribution is 2.48. The first-order chi connectivity index (χ1) is 14.0. The van der Waals surface area contributed by atoms with Crippen molar-refractivity contribution in [3.63, 3.8) is 0 Å². The van der Waals surface area contributed by atoms with Crippen LogP contribution in [0.4, 0.5) is 0 Å². The molecule has 1 spiro atoms. The number of amides is 1. The van der Waals surface area contributed by atoms with Gasteiger partial charge in [0.1, 0.15) is 17.3 Å². The molecule has 2 aliphatic rings. The minimum absolute atomic E-state index is 0.126. The van der Waals surface area contributed by atoms with E-state index in [1.54, 1.807) is 29.9 Å². The number of carbonyl (C=O) groups is 1. The number of ether oxygens (including phenoxy) is 2. The van der Waals surface area contributed by atoms with Crippen LogP contribution in [-0.4, -0.2) is 34.8 Å². The zero-order chi connectivity index (χ0) is 20.6. The molecule has 1 aromatic carbocycles. The topological polar surface area (TPSA) is 103 Å². The van der Waals surface area contributed by atoms with Crippen LogP contribution < -0.4 is 20.3 Å². The number of aromatic nitrogens is 2. The Labute approximate surface area is 168 Å². The Morgan fingerprint density at radius 3 is 2.66 bits per heavy atom. The van der Waals surface area contributed by atoms with Crippen LogP contribution in [0.15, 0.2) is 23.0 Å². The molecule has 8 heteroatoms. The van der Waals surface area contributed by atoms with Gasteiger partial charge < -0.3 is 19.9 Å². The summed E-state index contributed by atoms with van der Waals surface area (Å²) >= 11 is 0. The maximum atomic E-state index is 12.8. The van der Waals surface area contributed by atoms with Crippen molar-refractivity contribution in [3.8, 4) is 17.2 Å². The van der Waals surface area contributed by atoms with Crippen molar-refractivity contribution in [2.45, 2.75) is 50.6 Å². The second kappa shape index (κ2) is 7.42. The number of carbonyl (C=O) groups excluding carboxylic acids is 1. The van der Waals surface area contributed by atoms with Crippen molar-refractivity contribution >= 4 is 5.91 Å². The summed E-state index contributed by atoms with van der Waals surface area (Å²) in [6.45, 7) is 0.693. The normalized spacial score (nSPS) is 16.6.